The topological polar surface area (TPSA) is 58.7 Å². The van der Waals surface area contributed by atoms with Gasteiger partial charge in [-0.25, -0.2) is 4.79 Å². The fraction of sp³-hybridized carbons (Fsp3) is 0.846. The first-order valence-electron chi connectivity index (χ1n) is 6.51. The van der Waals surface area contributed by atoms with Crippen LogP contribution in [0.15, 0.2) is 4.99 Å². The number of hydrogen-bond acceptors (Lipinski definition) is 2. The first-order chi connectivity index (χ1) is 7.83. The molecule has 17 heavy (non-hydrogen) atoms. The summed E-state index contributed by atoms with van der Waals surface area (Å²) >= 11 is 0. The lowest BCUT2D eigenvalue weighted by molar-refractivity contribution is 0.0217. The number of aliphatic imine (C=N–C) groups is 1. The third-order valence-electron chi connectivity index (χ3n) is 4.48. The Morgan fingerprint density at radius 1 is 1.29 bits per heavy atom. The van der Waals surface area contributed by atoms with Crippen LogP contribution in [-0.4, -0.2) is 28.3 Å². The molecule has 2 aliphatic rings. The van der Waals surface area contributed by atoms with Crippen molar-refractivity contribution in [3.63, 3.8) is 0 Å². The smallest absolute Gasteiger partial charge is 0.346 e. The maximum absolute atomic E-state index is 12.0. The predicted molar refractivity (Wildman–Crippen MR) is 69.0 cm³/mol. The van der Waals surface area contributed by atoms with Crippen molar-refractivity contribution in [3.05, 3.63) is 0 Å². The molecule has 4 nitrogen and oxygen atoms in total. The van der Waals surface area contributed by atoms with Crippen molar-refractivity contribution in [2.45, 2.75) is 65.0 Å². The van der Waals surface area contributed by atoms with E-state index in [2.05, 4.69) is 18.8 Å². The second-order valence-corrected chi connectivity index (χ2v) is 6.19. The Balaban J connectivity index is 2.51. The third-order valence-corrected chi connectivity index (χ3v) is 4.48. The number of hydrogen-bond donors (Lipinski definition) is 1. The molecule has 0 saturated heterocycles. The zero-order valence-electron chi connectivity index (χ0n) is 11.3. The molecule has 1 atom stereocenters. The molecular formula is C13H23N3O. The maximum atomic E-state index is 12.0. The number of nitrogens with two attached hydrogens (primary N) is 1. The van der Waals surface area contributed by atoms with Crippen LogP contribution in [0.1, 0.15) is 53.4 Å². The van der Waals surface area contributed by atoms with Gasteiger partial charge in [-0.3, -0.25) is 0 Å². The molecule has 1 fully saturated rings. The minimum atomic E-state index is -0.351. The lowest BCUT2D eigenvalue weighted by Crippen LogP contribution is -2.65. The summed E-state index contributed by atoms with van der Waals surface area (Å²) in [5, 5.41) is 0. The van der Waals surface area contributed by atoms with Crippen molar-refractivity contribution in [3.8, 4) is 0 Å². The summed E-state index contributed by atoms with van der Waals surface area (Å²) in [6, 6.07) is -0.0165. The van der Waals surface area contributed by atoms with Gasteiger partial charge in [0.05, 0.1) is 0 Å². The molecular weight excluding hydrogens is 214 g/mol. The minimum absolute atomic E-state index is 0.00919. The molecule has 1 aliphatic heterocycles. The molecule has 1 spiro atoms. The average molecular weight is 237 g/mol. The minimum Gasteiger partial charge on any atom is -0.385 e. The van der Waals surface area contributed by atoms with Crippen LogP contribution in [0, 0.1) is 5.41 Å². The van der Waals surface area contributed by atoms with E-state index < -0.39 is 0 Å². The monoisotopic (exact) mass is 237 g/mol. The first kappa shape index (κ1) is 12.4. The Hall–Kier alpha value is -1.06. The van der Waals surface area contributed by atoms with E-state index in [1.165, 1.54) is 6.42 Å². The summed E-state index contributed by atoms with van der Waals surface area (Å²) in [5.41, 5.74) is 5.78. The van der Waals surface area contributed by atoms with Crippen molar-refractivity contribution < 1.29 is 4.79 Å². The van der Waals surface area contributed by atoms with Crippen LogP contribution in [0.4, 0.5) is 4.79 Å². The molecule has 1 unspecified atom stereocenters. The van der Waals surface area contributed by atoms with Gasteiger partial charge in [0.15, 0.2) is 0 Å². The Morgan fingerprint density at radius 3 is 2.41 bits per heavy atom. The molecule has 2 rings (SSSR count). The molecule has 96 valence electrons. The zero-order chi connectivity index (χ0) is 12.8. The van der Waals surface area contributed by atoms with Crippen LogP contribution in [0.25, 0.3) is 0 Å². The largest absolute Gasteiger partial charge is 0.385 e. The van der Waals surface area contributed by atoms with Crippen LogP contribution in [0.3, 0.4) is 0 Å². The summed E-state index contributed by atoms with van der Waals surface area (Å²) in [7, 11) is 0. The Kier molecular flexibility index (Phi) is 2.71. The van der Waals surface area contributed by atoms with E-state index in [1.807, 2.05) is 18.7 Å². The number of rotatable bonds is 1. The number of carbonyl (C=O) groups is 1. The number of carbonyl (C=O) groups excluding carboxylic acids is 1. The Bertz CT molecular complexity index is 373. The fourth-order valence-corrected chi connectivity index (χ4v) is 3.61. The van der Waals surface area contributed by atoms with Crippen LogP contribution < -0.4 is 5.73 Å². The summed E-state index contributed by atoms with van der Waals surface area (Å²) in [6.45, 7) is 8.50. The standard InChI is InChI=1S/C13H23N3O/c1-9(2)16-11(17)15-10(14)13(16)8-6-5-7-12(13,3)4/h9H,5-8H2,1-4H3,(H2,14,15,17). The van der Waals surface area contributed by atoms with Crippen LogP contribution in [0.2, 0.25) is 0 Å². The molecule has 4 heteroatoms. The van der Waals surface area contributed by atoms with E-state index in [1.54, 1.807) is 0 Å². The van der Waals surface area contributed by atoms with Gasteiger partial charge < -0.3 is 10.6 Å². The third kappa shape index (κ3) is 1.49. The highest BCUT2D eigenvalue weighted by Gasteiger charge is 2.58. The second-order valence-electron chi connectivity index (χ2n) is 6.19. The van der Waals surface area contributed by atoms with Gasteiger partial charge >= 0.3 is 6.03 Å². The van der Waals surface area contributed by atoms with Gasteiger partial charge in [-0.05, 0) is 32.1 Å². The molecule has 0 aromatic carbocycles. The van der Waals surface area contributed by atoms with Gasteiger partial charge in [0.1, 0.15) is 11.4 Å². The van der Waals surface area contributed by atoms with Crippen molar-refractivity contribution in [1.82, 2.24) is 4.90 Å². The van der Waals surface area contributed by atoms with Crippen molar-refractivity contribution in [1.29, 1.82) is 0 Å². The molecule has 2 amide bonds. The quantitative estimate of drug-likeness (QED) is 0.761. The van der Waals surface area contributed by atoms with E-state index in [9.17, 15) is 4.79 Å². The lowest BCUT2D eigenvalue weighted by Gasteiger charge is -2.53. The highest BCUT2D eigenvalue weighted by molar-refractivity contribution is 6.06. The SMILES string of the molecule is CC(C)N1C(=O)N=C(N)C12CCCCC2(C)C. The van der Waals surface area contributed by atoms with Gasteiger partial charge in [0, 0.05) is 6.04 Å². The first-order valence-corrected chi connectivity index (χ1v) is 6.51. The number of amidine groups is 1. The zero-order valence-corrected chi connectivity index (χ0v) is 11.3. The molecule has 0 aromatic heterocycles. The van der Waals surface area contributed by atoms with Crippen LogP contribution in [0.5, 0.6) is 0 Å². The molecule has 2 N–H and O–H groups in total. The van der Waals surface area contributed by atoms with Gasteiger partial charge in [-0.15, -0.1) is 0 Å². The van der Waals surface area contributed by atoms with Gasteiger partial charge in [-0.1, -0.05) is 26.7 Å². The normalized spacial score (nSPS) is 32.4. The Morgan fingerprint density at radius 2 is 1.88 bits per heavy atom. The van der Waals surface area contributed by atoms with E-state index in [-0.39, 0.29) is 23.0 Å². The van der Waals surface area contributed by atoms with Gasteiger partial charge in [-0.2, -0.15) is 4.99 Å². The number of nitrogens with zero attached hydrogens (tertiary/aromatic N) is 2. The second kappa shape index (κ2) is 3.72. The summed E-state index contributed by atoms with van der Waals surface area (Å²) < 4.78 is 0. The molecule has 1 aliphatic carbocycles. The van der Waals surface area contributed by atoms with Gasteiger partial charge in [0.25, 0.3) is 0 Å². The molecule has 1 saturated carbocycles. The predicted octanol–water partition coefficient (Wildman–Crippen LogP) is 2.53. The molecule has 1 heterocycles. The maximum Gasteiger partial charge on any atom is 0.346 e. The lowest BCUT2D eigenvalue weighted by atomic mass is 9.61. The van der Waals surface area contributed by atoms with Crippen molar-refractivity contribution in [2.75, 3.05) is 0 Å². The van der Waals surface area contributed by atoms with Crippen molar-refractivity contribution in [2.24, 2.45) is 16.1 Å². The Labute approximate surface area is 103 Å². The van der Waals surface area contributed by atoms with E-state index in [0.29, 0.717) is 5.84 Å². The van der Waals surface area contributed by atoms with E-state index in [4.69, 9.17) is 5.73 Å². The van der Waals surface area contributed by atoms with Crippen LogP contribution in [-0.2, 0) is 0 Å². The summed E-state index contributed by atoms with van der Waals surface area (Å²) in [6.07, 6.45) is 4.37. The van der Waals surface area contributed by atoms with Crippen molar-refractivity contribution >= 4 is 11.9 Å². The fourth-order valence-electron chi connectivity index (χ4n) is 3.61. The van der Waals surface area contributed by atoms with Gasteiger partial charge in [0.2, 0.25) is 0 Å². The highest BCUT2D eigenvalue weighted by Crippen LogP contribution is 2.50. The average Bonchev–Trinajstić information content (AvgIpc) is 2.44. The molecule has 0 aromatic rings. The summed E-state index contributed by atoms with van der Waals surface area (Å²) in [4.78, 5) is 18.0. The molecule has 0 bridgehead atoms. The highest BCUT2D eigenvalue weighted by atomic mass is 16.2. The molecule has 0 radical (unpaired) electrons. The van der Waals surface area contributed by atoms with Crippen LogP contribution >= 0.6 is 0 Å². The number of urea groups is 1. The van der Waals surface area contributed by atoms with E-state index >= 15 is 0 Å². The van der Waals surface area contributed by atoms with E-state index in [0.717, 1.165) is 19.3 Å². The number of amides is 2. The summed E-state index contributed by atoms with van der Waals surface area (Å²) in [5.74, 6) is 0.529.